The first kappa shape index (κ1) is 13.1. The van der Waals surface area contributed by atoms with Gasteiger partial charge in [0.25, 0.3) is 0 Å². The number of aryl methyl sites for hydroxylation is 2. The minimum Gasteiger partial charge on any atom is -0.489 e. The lowest BCUT2D eigenvalue weighted by atomic mass is 10.1. The van der Waals surface area contributed by atoms with Crippen LogP contribution in [0.1, 0.15) is 11.1 Å². The van der Waals surface area contributed by atoms with Crippen LogP contribution in [-0.4, -0.2) is 4.57 Å². The van der Waals surface area contributed by atoms with E-state index in [2.05, 4.69) is 42.9 Å². The maximum Gasteiger partial charge on any atom is 0.119 e. The van der Waals surface area contributed by atoms with E-state index >= 15 is 0 Å². The molecule has 0 aliphatic carbocycles. The number of aromatic nitrogens is 1. The van der Waals surface area contributed by atoms with Crippen LogP contribution in [-0.2, 0) is 13.7 Å². The topological polar surface area (TPSA) is 14.2 Å². The van der Waals surface area contributed by atoms with E-state index in [1.165, 1.54) is 22.0 Å². The fourth-order valence-electron chi connectivity index (χ4n) is 2.53. The fourth-order valence-corrected chi connectivity index (χ4v) is 2.66. The second-order valence-corrected chi connectivity index (χ2v) is 5.41. The Morgan fingerprint density at radius 3 is 2.60 bits per heavy atom. The third kappa shape index (κ3) is 2.39. The highest BCUT2D eigenvalue weighted by molar-refractivity contribution is 6.30. The molecule has 0 aliphatic rings. The van der Waals surface area contributed by atoms with Crippen LogP contribution in [0.5, 0.6) is 5.75 Å². The van der Waals surface area contributed by atoms with E-state index in [0.717, 1.165) is 10.8 Å². The zero-order valence-corrected chi connectivity index (χ0v) is 12.3. The molecule has 0 saturated heterocycles. The van der Waals surface area contributed by atoms with Crippen LogP contribution in [0.4, 0.5) is 0 Å². The van der Waals surface area contributed by atoms with Gasteiger partial charge in [0.2, 0.25) is 0 Å². The predicted molar refractivity (Wildman–Crippen MR) is 83.4 cm³/mol. The molecule has 0 bridgehead atoms. The Kier molecular flexibility index (Phi) is 3.41. The summed E-state index contributed by atoms with van der Waals surface area (Å²) < 4.78 is 7.99. The van der Waals surface area contributed by atoms with Gasteiger partial charge in [-0.1, -0.05) is 23.7 Å². The molecule has 1 aromatic heterocycles. The highest BCUT2D eigenvalue weighted by Crippen LogP contribution is 2.25. The normalized spacial score (nSPS) is 10.9. The standard InChI is InChI=1S/C17H16ClNO/c1-12-4-3-5-16-17(12)13(10-19(16)2)11-20-15-8-6-14(18)7-9-15/h3-10H,11H2,1-2H3. The summed E-state index contributed by atoms with van der Waals surface area (Å²) in [6.45, 7) is 2.69. The van der Waals surface area contributed by atoms with Crippen LogP contribution < -0.4 is 4.74 Å². The van der Waals surface area contributed by atoms with Gasteiger partial charge in [-0.15, -0.1) is 0 Å². The number of hydrogen-bond acceptors (Lipinski definition) is 1. The minimum atomic E-state index is 0.559. The molecule has 0 radical (unpaired) electrons. The molecule has 2 aromatic carbocycles. The first-order valence-corrected chi connectivity index (χ1v) is 6.95. The SMILES string of the molecule is Cc1cccc2c1c(COc1ccc(Cl)cc1)cn2C. The minimum absolute atomic E-state index is 0.559. The van der Waals surface area contributed by atoms with Crippen LogP contribution in [0.3, 0.4) is 0 Å². The molecule has 0 atom stereocenters. The molecular formula is C17H16ClNO. The Morgan fingerprint density at radius 2 is 1.85 bits per heavy atom. The van der Waals surface area contributed by atoms with Gasteiger partial charge in [0.15, 0.2) is 0 Å². The van der Waals surface area contributed by atoms with Gasteiger partial charge in [-0.25, -0.2) is 0 Å². The number of benzene rings is 2. The molecule has 0 saturated carbocycles. The molecule has 0 aliphatic heterocycles. The molecule has 0 amide bonds. The maximum absolute atomic E-state index is 5.87. The average molecular weight is 286 g/mol. The van der Waals surface area contributed by atoms with Crippen LogP contribution >= 0.6 is 11.6 Å². The summed E-state index contributed by atoms with van der Waals surface area (Å²) in [4.78, 5) is 0. The molecule has 3 aromatic rings. The predicted octanol–water partition coefficient (Wildman–Crippen LogP) is 4.72. The van der Waals surface area contributed by atoms with Gasteiger partial charge in [-0.05, 0) is 42.8 Å². The summed E-state index contributed by atoms with van der Waals surface area (Å²) in [6, 6.07) is 13.8. The summed E-state index contributed by atoms with van der Waals surface area (Å²) in [6.07, 6.45) is 2.13. The van der Waals surface area contributed by atoms with Gasteiger partial charge < -0.3 is 9.30 Å². The maximum atomic E-state index is 5.87. The van der Waals surface area contributed by atoms with Crippen molar-refractivity contribution in [1.82, 2.24) is 4.57 Å². The van der Waals surface area contributed by atoms with Crippen LogP contribution in [0.2, 0.25) is 5.02 Å². The van der Waals surface area contributed by atoms with Gasteiger partial charge in [-0.3, -0.25) is 0 Å². The first-order valence-electron chi connectivity index (χ1n) is 6.57. The van der Waals surface area contributed by atoms with Crippen molar-refractivity contribution < 1.29 is 4.74 Å². The number of halogens is 1. The number of rotatable bonds is 3. The molecule has 20 heavy (non-hydrogen) atoms. The Labute approximate surface area is 123 Å². The quantitative estimate of drug-likeness (QED) is 0.679. The highest BCUT2D eigenvalue weighted by Gasteiger charge is 2.09. The zero-order chi connectivity index (χ0) is 14.1. The first-order chi connectivity index (χ1) is 9.65. The molecule has 3 rings (SSSR count). The number of ether oxygens (including phenoxy) is 1. The molecule has 1 heterocycles. The smallest absolute Gasteiger partial charge is 0.119 e. The van der Waals surface area contributed by atoms with Crippen molar-refractivity contribution in [3.05, 3.63) is 64.8 Å². The monoisotopic (exact) mass is 285 g/mol. The van der Waals surface area contributed by atoms with Gasteiger partial charge >= 0.3 is 0 Å². The van der Waals surface area contributed by atoms with E-state index in [9.17, 15) is 0 Å². The fraction of sp³-hybridized carbons (Fsp3) is 0.176. The van der Waals surface area contributed by atoms with E-state index in [-0.39, 0.29) is 0 Å². The lowest BCUT2D eigenvalue weighted by Crippen LogP contribution is -1.95. The third-order valence-electron chi connectivity index (χ3n) is 3.51. The Bertz CT molecular complexity index is 744. The van der Waals surface area contributed by atoms with E-state index in [4.69, 9.17) is 16.3 Å². The van der Waals surface area contributed by atoms with Crippen LogP contribution in [0.15, 0.2) is 48.7 Å². The lowest BCUT2D eigenvalue weighted by Gasteiger charge is -2.06. The van der Waals surface area contributed by atoms with Crippen molar-refractivity contribution >= 4 is 22.5 Å². The van der Waals surface area contributed by atoms with E-state index in [1.807, 2.05) is 24.3 Å². The molecule has 102 valence electrons. The molecule has 3 heteroatoms. The van der Waals surface area contributed by atoms with Crippen LogP contribution in [0.25, 0.3) is 10.9 Å². The summed E-state index contributed by atoms with van der Waals surface area (Å²) in [5.41, 5.74) is 3.72. The Hall–Kier alpha value is -1.93. The molecule has 0 N–H and O–H groups in total. The summed E-state index contributed by atoms with van der Waals surface area (Å²) in [7, 11) is 2.06. The van der Waals surface area contributed by atoms with Crippen LogP contribution in [0, 0.1) is 6.92 Å². The average Bonchev–Trinajstić information content (AvgIpc) is 2.77. The van der Waals surface area contributed by atoms with Gasteiger partial charge in [0, 0.05) is 34.7 Å². The van der Waals surface area contributed by atoms with E-state index in [0.29, 0.717) is 6.61 Å². The summed E-state index contributed by atoms with van der Waals surface area (Å²) >= 11 is 5.87. The number of nitrogens with zero attached hydrogens (tertiary/aromatic N) is 1. The van der Waals surface area contributed by atoms with Gasteiger partial charge in [0.05, 0.1) is 0 Å². The third-order valence-corrected chi connectivity index (χ3v) is 3.76. The van der Waals surface area contributed by atoms with E-state index < -0.39 is 0 Å². The van der Waals surface area contributed by atoms with Crippen molar-refractivity contribution in [2.75, 3.05) is 0 Å². The number of hydrogen-bond donors (Lipinski definition) is 0. The highest BCUT2D eigenvalue weighted by atomic mass is 35.5. The van der Waals surface area contributed by atoms with Gasteiger partial charge in [-0.2, -0.15) is 0 Å². The van der Waals surface area contributed by atoms with Crippen molar-refractivity contribution in [2.24, 2.45) is 7.05 Å². The lowest BCUT2D eigenvalue weighted by molar-refractivity contribution is 0.307. The molecule has 0 spiro atoms. The van der Waals surface area contributed by atoms with Crippen molar-refractivity contribution in [1.29, 1.82) is 0 Å². The Balaban J connectivity index is 1.89. The van der Waals surface area contributed by atoms with E-state index in [1.54, 1.807) is 0 Å². The van der Waals surface area contributed by atoms with Gasteiger partial charge in [0.1, 0.15) is 12.4 Å². The second-order valence-electron chi connectivity index (χ2n) is 4.98. The second kappa shape index (κ2) is 5.22. The van der Waals surface area contributed by atoms with Crippen molar-refractivity contribution in [3.8, 4) is 5.75 Å². The molecule has 0 unspecified atom stereocenters. The largest absolute Gasteiger partial charge is 0.489 e. The summed E-state index contributed by atoms with van der Waals surface area (Å²) in [5.74, 6) is 0.833. The molecule has 0 fully saturated rings. The summed E-state index contributed by atoms with van der Waals surface area (Å²) in [5, 5.41) is 2.00. The number of fused-ring (bicyclic) bond motifs is 1. The Morgan fingerprint density at radius 1 is 1.10 bits per heavy atom. The zero-order valence-electron chi connectivity index (χ0n) is 11.6. The van der Waals surface area contributed by atoms with Crippen molar-refractivity contribution in [2.45, 2.75) is 13.5 Å². The molecule has 2 nitrogen and oxygen atoms in total. The van der Waals surface area contributed by atoms with Crippen molar-refractivity contribution in [3.63, 3.8) is 0 Å². The molecular weight excluding hydrogens is 270 g/mol.